The second-order valence-corrected chi connectivity index (χ2v) is 6.24. The predicted octanol–water partition coefficient (Wildman–Crippen LogP) is 4.97. The van der Waals surface area contributed by atoms with Gasteiger partial charge in [0, 0.05) is 17.8 Å². The number of hydrogen-bond acceptors (Lipinski definition) is 2. The second kappa shape index (κ2) is 7.00. The fraction of sp³-hybridized carbons (Fsp3) is 0.0909. The minimum absolute atomic E-state index is 0.471. The van der Waals surface area contributed by atoms with Crippen molar-refractivity contribution in [1.29, 1.82) is 0 Å². The summed E-state index contributed by atoms with van der Waals surface area (Å²) in [6.45, 7) is 0.645. The summed E-state index contributed by atoms with van der Waals surface area (Å²) in [6.07, 6.45) is 6.11. The average Bonchev–Trinajstić information content (AvgIpc) is 3.02. The molecule has 4 rings (SSSR count). The van der Waals surface area contributed by atoms with Gasteiger partial charge in [-0.2, -0.15) is 0 Å². The van der Waals surface area contributed by atoms with Crippen molar-refractivity contribution in [3.05, 3.63) is 106 Å². The van der Waals surface area contributed by atoms with Gasteiger partial charge in [0.1, 0.15) is 11.6 Å². The van der Waals surface area contributed by atoms with E-state index in [0.29, 0.717) is 18.5 Å². The number of nitrogens with zero attached hydrogens (tertiary/aromatic N) is 2. The first-order chi connectivity index (χ1) is 12.7. The number of rotatable bonds is 4. The number of allylic oxidation sites excluding steroid dienone is 1. The van der Waals surface area contributed by atoms with Gasteiger partial charge in [-0.1, -0.05) is 18.2 Å². The van der Waals surface area contributed by atoms with Gasteiger partial charge < -0.3 is 0 Å². The second-order valence-electron chi connectivity index (χ2n) is 6.24. The molecule has 1 aliphatic heterocycles. The van der Waals surface area contributed by atoms with Gasteiger partial charge in [0.05, 0.1) is 18.0 Å². The number of hydrogen-bond donors (Lipinski definition) is 0. The van der Waals surface area contributed by atoms with Crippen LogP contribution in [0.25, 0.3) is 6.08 Å². The molecule has 2 aromatic carbocycles. The van der Waals surface area contributed by atoms with Crippen LogP contribution in [0.4, 0.5) is 8.78 Å². The maximum Gasteiger partial charge on any atom is 0.126 e. The Bertz CT molecular complexity index is 988. The van der Waals surface area contributed by atoms with Gasteiger partial charge in [0.25, 0.3) is 0 Å². The Hall–Kier alpha value is -3.14. The molecule has 1 aromatic heterocycles. The molecule has 128 valence electrons. The van der Waals surface area contributed by atoms with Crippen molar-refractivity contribution in [1.82, 2.24) is 4.98 Å². The third kappa shape index (κ3) is 3.59. The van der Waals surface area contributed by atoms with Gasteiger partial charge in [-0.25, -0.2) is 8.78 Å². The molecule has 2 nitrogen and oxygen atoms in total. The van der Waals surface area contributed by atoms with Crippen molar-refractivity contribution >= 4 is 11.8 Å². The number of aliphatic imine (C=N–C) groups is 1. The topological polar surface area (TPSA) is 25.2 Å². The molecular weight excluding hydrogens is 330 g/mol. The van der Waals surface area contributed by atoms with Crippen LogP contribution in [-0.4, -0.2) is 10.7 Å². The van der Waals surface area contributed by atoms with Crippen LogP contribution in [0, 0.1) is 11.6 Å². The highest BCUT2D eigenvalue weighted by molar-refractivity contribution is 6.13. The van der Waals surface area contributed by atoms with Crippen molar-refractivity contribution in [2.45, 2.75) is 13.0 Å². The first-order valence-corrected chi connectivity index (χ1v) is 8.38. The summed E-state index contributed by atoms with van der Waals surface area (Å²) in [7, 11) is 0. The molecule has 3 aromatic rings. The standard InChI is InChI=1S/C22H16F2N2/c23-18-10-16(11-19(24)13-18)9-15-4-5-17-14-26-22(21(17)12-15)7-6-20-3-1-2-8-25-20/h1-8,10-13H,9,14H2/b7-6+. The fourth-order valence-electron chi connectivity index (χ4n) is 3.10. The van der Waals surface area contributed by atoms with E-state index in [1.807, 2.05) is 48.6 Å². The van der Waals surface area contributed by atoms with Crippen LogP contribution in [0.15, 0.2) is 71.9 Å². The molecule has 0 spiro atoms. The number of pyridine rings is 1. The molecule has 0 atom stereocenters. The number of fused-ring (bicyclic) bond motifs is 1. The Labute approximate surface area is 150 Å². The predicted molar refractivity (Wildman–Crippen MR) is 99.1 cm³/mol. The average molecular weight is 346 g/mol. The van der Waals surface area contributed by atoms with Gasteiger partial charge in [-0.15, -0.1) is 0 Å². The van der Waals surface area contributed by atoms with Crippen molar-refractivity contribution in [2.24, 2.45) is 4.99 Å². The number of aromatic nitrogens is 1. The lowest BCUT2D eigenvalue weighted by Gasteiger charge is -2.06. The van der Waals surface area contributed by atoms with Crippen molar-refractivity contribution in [3.63, 3.8) is 0 Å². The minimum atomic E-state index is -0.554. The zero-order valence-electron chi connectivity index (χ0n) is 14.0. The summed E-state index contributed by atoms with van der Waals surface area (Å²) in [6, 6.07) is 15.4. The van der Waals surface area contributed by atoms with Crippen LogP contribution in [0.2, 0.25) is 0 Å². The van der Waals surface area contributed by atoms with Gasteiger partial charge in [-0.05, 0) is 65.6 Å². The molecule has 0 bridgehead atoms. The summed E-state index contributed by atoms with van der Waals surface area (Å²) >= 11 is 0. The summed E-state index contributed by atoms with van der Waals surface area (Å²) in [5.41, 5.74) is 5.59. The summed E-state index contributed by atoms with van der Waals surface area (Å²) in [5, 5.41) is 0. The molecule has 2 heterocycles. The SMILES string of the molecule is Fc1cc(F)cc(Cc2ccc3c(c2)C(/C=C/c2ccccn2)=NC3)c1. The smallest absolute Gasteiger partial charge is 0.126 e. The molecule has 1 aliphatic rings. The van der Waals surface area contributed by atoms with E-state index in [0.717, 1.165) is 34.2 Å². The van der Waals surface area contributed by atoms with Gasteiger partial charge in [0.2, 0.25) is 0 Å². The van der Waals surface area contributed by atoms with E-state index in [-0.39, 0.29) is 0 Å². The van der Waals surface area contributed by atoms with Crippen LogP contribution >= 0.6 is 0 Å². The quantitative estimate of drug-likeness (QED) is 0.655. The number of benzene rings is 2. The van der Waals surface area contributed by atoms with Crippen LogP contribution < -0.4 is 0 Å². The molecule has 0 radical (unpaired) electrons. The summed E-state index contributed by atoms with van der Waals surface area (Å²) in [4.78, 5) is 8.85. The highest BCUT2D eigenvalue weighted by Crippen LogP contribution is 2.23. The Morgan fingerprint density at radius 1 is 0.885 bits per heavy atom. The lowest BCUT2D eigenvalue weighted by Crippen LogP contribution is -1.98. The number of halogens is 2. The molecule has 0 unspecified atom stereocenters. The summed E-state index contributed by atoms with van der Waals surface area (Å²) in [5.74, 6) is -1.11. The normalized spacial score (nSPS) is 13.1. The van der Waals surface area contributed by atoms with E-state index in [1.54, 1.807) is 6.20 Å². The minimum Gasteiger partial charge on any atom is -0.280 e. The van der Waals surface area contributed by atoms with E-state index in [2.05, 4.69) is 9.98 Å². The van der Waals surface area contributed by atoms with E-state index in [9.17, 15) is 8.78 Å². The van der Waals surface area contributed by atoms with Crippen LogP contribution in [0.3, 0.4) is 0 Å². The molecule has 0 aliphatic carbocycles. The monoisotopic (exact) mass is 346 g/mol. The molecule has 0 saturated carbocycles. The Balaban J connectivity index is 1.58. The Kier molecular flexibility index (Phi) is 4.40. The lowest BCUT2D eigenvalue weighted by atomic mass is 9.98. The van der Waals surface area contributed by atoms with E-state index in [1.165, 1.54) is 12.1 Å². The van der Waals surface area contributed by atoms with Crippen LogP contribution in [0.1, 0.15) is 27.9 Å². The zero-order chi connectivity index (χ0) is 17.9. The lowest BCUT2D eigenvalue weighted by molar-refractivity contribution is 0.580. The van der Waals surface area contributed by atoms with E-state index >= 15 is 0 Å². The Morgan fingerprint density at radius 3 is 2.50 bits per heavy atom. The van der Waals surface area contributed by atoms with Gasteiger partial charge >= 0.3 is 0 Å². The zero-order valence-corrected chi connectivity index (χ0v) is 14.0. The Morgan fingerprint density at radius 2 is 1.73 bits per heavy atom. The highest BCUT2D eigenvalue weighted by atomic mass is 19.1. The molecule has 0 saturated heterocycles. The third-order valence-electron chi connectivity index (χ3n) is 4.30. The maximum atomic E-state index is 13.4. The van der Waals surface area contributed by atoms with Crippen molar-refractivity contribution in [2.75, 3.05) is 0 Å². The van der Waals surface area contributed by atoms with Crippen molar-refractivity contribution in [3.8, 4) is 0 Å². The molecule has 26 heavy (non-hydrogen) atoms. The molecular formula is C22H16F2N2. The van der Waals surface area contributed by atoms with Gasteiger partial charge in [0.15, 0.2) is 0 Å². The first kappa shape index (κ1) is 16.3. The van der Waals surface area contributed by atoms with Crippen LogP contribution in [-0.2, 0) is 13.0 Å². The molecule has 0 N–H and O–H groups in total. The fourth-order valence-corrected chi connectivity index (χ4v) is 3.10. The molecule has 0 fully saturated rings. The summed E-state index contributed by atoms with van der Waals surface area (Å²) < 4.78 is 26.8. The van der Waals surface area contributed by atoms with Gasteiger partial charge in [-0.3, -0.25) is 9.98 Å². The third-order valence-corrected chi connectivity index (χ3v) is 4.30. The first-order valence-electron chi connectivity index (χ1n) is 8.38. The van der Waals surface area contributed by atoms with E-state index in [4.69, 9.17) is 0 Å². The highest BCUT2D eigenvalue weighted by Gasteiger charge is 2.14. The molecule has 0 amide bonds. The van der Waals surface area contributed by atoms with Crippen LogP contribution in [0.5, 0.6) is 0 Å². The van der Waals surface area contributed by atoms with E-state index < -0.39 is 11.6 Å². The van der Waals surface area contributed by atoms with Crippen molar-refractivity contribution < 1.29 is 8.78 Å². The maximum absolute atomic E-state index is 13.4. The largest absolute Gasteiger partial charge is 0.280 e. The molecule has 4 heteroatoms.